The molecular weight excluding hydrogens is 264 g/mol. The molecule has 0 bridgehead atoms. The Morgan fingerprint density at radius 2 is 2.00 bits per heavy atom. The van der Waals surface area contributed by atoms with Gasteiger partial charge in [0.05, 0.1) is 12.8 Å². The average Bonchev–Trinajstić information content (AvgIpc) is 2.45. The lowest BCUT2D eigenvalue weighted by Gasteiger charge is -2.06. The zero-order valence-electron chi connectivity index (χ0n) is 10.4. The van der Waals surface area contributed by atoms with Crippen LogP contribution in [0.1, 0.15) is 11.3 Å². The topological polar surface area (TPSA) is 54.7 Å². The van der Waals surface area contributed by atoms with E-state index in [-0.39, 0.29) is 0 Å². The fraction of sp³-hybridized carbons (Fsp3) is 0.143. The van der Waals surface area contributed by atoms with Crippen LogP contribution < -0.4 is 4.74 Å². The van der Waals surface area contributed by atoms with Crippen molar-refractivity contribution < 1.29 is 9.94 Å². The molecule has 98 valence electrons. The summed E-state index contributed by atoms with van der Waals surface area (Å²) in [6.45, 7) is 0. The van der Waals surface area contributed by atoms with Crippen LogP contribution in [0.3, 0.4) is 0 Å². The molecule has 1 N–H and O–H groups in total. The summed E-state index contributed by atoms with van der Waals surface area (Å²) in [5.74, 6) is 0.752. The van der Waals surface area contributed by atoms with Crippen LogP contribution in [-0.2, 0) is 6.42 Å². The van der Waals surface area contributed by atoms with Gasteiger partial charge >= 0.3 is 0 Å². The Morgan fingerprint density at radius 1 is 1.26 bits per heavy atom. The molecule has 0 atom stereocenters. The van der Waals surface area contributed by atoms with Crippen molar-refractivity contribution in [3.8, 4) is 5.75 Å². The number of oxime groups is 1. The van der Waals surface area contributed by atoms with Crippen LogP contribution in [0.25, 0.3) is 0 Å². The van der Waals surface area contributed by atoms with E-state index < -0.39 is 0 Å². The van der Waals surface area contributed by atoms with E-state index in [0.29, 0.717) is 17.3 Å². The van der Waals surface area contributed by atoms with Crippen molar-refractivity contribution in [3.63, 3.8) is 0 Å². The Morgan fingerprint density at radius 3 is 2.58 bits per heavy atom. The van der Waals surface area contributed by atoms with Crippen LogP contribution in [0.4, 0.5) is 0 Å². The van der Waals surface area contributed by atoms with Gasteiger partial charge in [0.2, 0.25) is 0 Å². The lowest BCUT2D eigenvalue weighted by Crippen LogP contribution is -2.07. The highest BCUT2D eigenvalue weighted by atomic mass is 35.5. The molecular formula is C14H13ClN2O2. The lowest BCUT2D eigenvalue weighted by molar-refractivity contribution is 0.318. The van der Waals surface area contributed by atoms with Gasteiger partial charge in [-0.05, 0) is 42.0 Å². The third-order valence-corrected chi connectivity index (χ3v) is 2.88. The summed E-state index contributed by atoms with van der Waals surface area (Å²) in [7, 11) is 1.60. The predicted molar refractivity (Wildman–Crippen MR) is 74.3 cm³/mol. The first kappa shape index (κ1) is 13.4. The van der Waals surface area contributed by atoms with Crippen LogP contribution in [0.5, 0.6) is 5.75 Å². The second kappa shape index (κ2) is 6.20. The summed E-state index contributed by atoms with van der Waals surface area (Å²) in [5.41, 5.74) is 2.08. The number of methoxy groups -OCH3 is 1. The number of ether oxygens (including phenoxy) is 1. The van der Waals surface area contributed by atoms with Gasteiger partial charge < -0.3 is 9.94 Å². The second-order valence-corrected chi connectivity index (χ2v) is 4.29. The molecule has 0 unspecified atom stereocenters. The number of halogens is 1. The Kier molecular flexibility index (Phi) is 4.36. The minimum Gasteiger partial charge on any atom is -0.497 e. The van der Waals surface area contributed by atoms with Crippen LogP contribution in [0.15, 0.2) is 47.6 Å². The SMILES string of the molecule is COc1ccc(/C(Cc2cccc(Cl)n2)=N/O)cc1. The van der Waals surface area contributed by atoms with E-state index in [4.69, 9.17) is 21.5 Å². The maximum atomic E-state index is 9.13. The van der Waals surface area contributed by atoms with Gasteiger partial charge in [0.15, 0.2) is 0 Å². The first-order chi connectivity index (χ1) is 9.22. The molecule has 0 aliphatic carbocycles. The molecule has 2 aromatic rings. The standard InChI is InChI=1S/C14H13ClN2O2/c1-19-12-7-5-10(6-8-12)13(17-18)9-11-3-2-4-14(15)16-11/h2-8,18H,9H2,1H3/b17-13+. The van der Waals surface area contributed by atoms with Crippen LogP contribution in [-0.4, -0.2) is 23.0 Å². The number of aromatic nitrogens is 1. The molecule has 0 aliphatic rings. The van der Waals surface area contributed by atoms with Gasteiger partial charge in [-0.25, -0.2) is 4.98 Å². The molecule has 1 aromatic carbocycles. The Labute approximate surface area is 116 Å². The van der Waals surface area contributed by atoms with Gasteiger partial charge in [0, 0.05) is 12.1 Å². The molecule has 19 heavy (non-hydrogen) atoms. The van der Waals surface area contributed by atoms with Gasteiger partial charge in [0.25, 0.3) is 0 Å². The molecule has 1 aromatic heterocycles. The highest BCUT2D eigenvalue weighted by Crippen LogP contribution is 2.14. The molecule has 0 fully saturated rings. The number of benzene rings is 1. The summed E-state index contributed by atoms with van der Waals surface area (Å²) in [6, 6.07) is 12.6. The molecule has 0 aliphatic heterocycles. The number of hydrogen-bond acceptors (Lipinski definition) is 4. The molecule has 0 amide bonds. The summed E-state index contributed by atoms with van der Waals surface area (Å²) in [5, 5.41) is 12.9. The molecule has 0 spiro atoms. The average molecular weight is 277 g/mol. The van der Waals surface area contributed by atoms with Crippen LogP contribution in [0.2, 0.25) is 5.15 Å². The van der Waals surface area contributed by atoms with E-state index >= 15 is 0 Å². The Hall–Kier alpha value is -2.07. The van der Waals surface area contributed by atoms with Crippen molar-refractivity contribution in [2.75, 3.05) is 7.11 Å². The van der Waals surface area contributed by atoms with Gasteiger partial charge in [-0.15, -0.1) is 0 Å². The number of hydrogen-bond donors (Lipinski definition) is 1. The van der Waals surface area contributed by atoms with Gasteiger partial charge in [0.1, 0.15) is 10.9 Å². The molecule has 5 heteroatoms. The summed E-state index contributed by atoms with van der Waals surface area (Å²) < 4.78 is 5.08. The molecule has 0 saturated heterocycles. The van der Waals surface area contributed by atoms with E-state index in [1.54, 1.807) is 13.2 Å². The number of nitrogens with zero attached hydrogens (tertiary/aromatic N) is 2. The predicted octanol–water partition coefficient (Wildman–Crippen LogP) is 3.16. The smallest absolute Gasteiger partial charge is 0.129 e. The van der Waals surface area contributed by atoms with Crippen molar-refractivity contribution in [1.29, 1.82) is 0 Å². The largest absolute Gasteiger partial charge is 0.497 e. The van der Waals surface area contributed by atoms with Crippen molar-refractivity contribution in [3.05, 3.63) is 58.9 Å². The summed E-state index contributed by atoms with van der Waals surface area (Å²) in [6.07, 6.45) is 0.406. The Bertz CT molecular complexity index is 582. The molecule has 2 rings (SSSR count). The minimum atomic E-state index is 0.406. The first-order valence-corrected chi connectivity index (χ1v) is 6.07. The molecule has 0 saturated carbocycles. The Balaban J connectivity index is 2.20. The van der Waals surface area contributed by atoms with Crippen LogP contribution >= 0.6 is 11.6 Å². The normalized spacial score (nSPS) is 11.4. The van der Waals surface area contributed by atoms with E-state index in [0.717, 1.165) is 17.0 Å². The van der Waals surface area contributed by atoms with Gasteiger partial charge in [-0.2, -0.15) is 0 Å². The maximum Gasteiger partial charge on any atom is 0.129 e. The summed E-state index contributed by atoms with van der Waals surface area (Å²) >= 11 is 5.83. The van der Waals surface area contributed by atoms with Crippen LogP contribution in [0, 0.1) is 0 Å². The zero-order valence-corrected chi connectivity index (χ0v) is 11.1. The van der Waals surface area contributed by atoms with Crippen molar-refractivity contribution in [1.82, 2.24) is 4.98 Å². The van der Waals surface area contributed by atoms with E-state index in [1.807, 2.05) is 36.4 Å². The second-order valence-electron chi connectivity index (χ2n) is 3.90. The number of rotatable bonds is 4. The zero-order chi connectivity index (χ0) is 13.7. The monoisotopic (exact) mass is 276 g/mol. The van der Waals surface area contributed by atoms with Crippen molar-refractivity contribution in [2.24, 2.45) is 5.16 Å². The third kappa shape index (κ3) is 3.45. The summed E-state index contributed by atoms with van der Waals surface area (Å²) in [4.78, 5) is 4.17. The quantitative estimate of drug-likeness (QED) is 0.404. The van der Waals surface area contributed by atoms with Gasteiger partial charge in [-0.3, -0.25) is 0 Å². The molecule has 1 heterocycles. The lowest BCUT2D eigenvalue weighted by atomic mass is 10.1. The molecule has 0 radical (unpaired) electrons. The fourth-order valence-electron chi connectivity index (χ4n) is 1.70. The minimum absolute atomic E-state index is 0.406. The highest BCUT2D eigenvalue weighted by Gasteiger charge is 2.07. The van der Waals surface area contributed by atoms with E-state index in [2.05, 4.69) is 10.1 Å². The van der Waals surface area contributed by atoms with E-state index in [1.165, 1.54) is 0 Å². The van der Waals surface area contributed by atoms with Gasteiger partial charge in [-0.1, -0.05) is 22.8 Å². The first-order valence-electron chi connectivity index (χ1n) is 5.69. The van der Waals surface area contributed by atoms with Crippen molar-refractivity contribution >= 4 is 17.3 Å². The highest BCUT2D eigenvalue weighted by molar-refractivity contribution is 6.29. The van der Waals surface area contributed by atoms with E-state index in [9.17, 15) is 0 Å². The molecule has 4 nitrogen and oxygen atoms in total. The number of pyridine rings is 1. The van der Waals surface area contributed by atoms with Crippen molar-refractivity contribution in [2.45, 2.75) is 6.42 Å². The third-order valence-electron chi connectivity index (χ3n) is 2.67. The maximum absolute atomic E-state index is 9.13. The fourth-order valence-corrected chi connectivity index (χ4v) is 1.88.